The molecule has 0 aromatic carbocycles. The maximum Gasteiger partial charge on any atom is 0.407 e. The zero-order chi connectivity index (χ0) is 14.0. The van der Waals surface area contributed by atoms with Gasteiger partial charge in [0.25, 0.3) is 0 Å². The van der Waals surface area contributed by atoms with Gasteiger partial charge in [0, 0.05) is 12.3 Å². The largest absolute Gasteiger partial charge is 0.444 e. The fourth-order valence-corrected chi connectivity index (χ4v) is 1.72. The Morgan fingerprint density at radius 2 is 1.83 bits per heavy atom. The predicted octanol–water partition coefficient (Wildman–Crippen LogP) is 3.31. The maximum atomic E-state index is 11.4. The lowest BCUT2D eigenvalue weighted by Gasteiger charge is -2.25. The topological polar surface area (TPSA) is 70.9 Å². The number of nitrogens with one attached hydrogen (secondary N) is 1. The Labute approximate surface area is 110 Å². The van der Waals surface area contributed by atoms with Gasteiger partial charge >= 0.3 is 6.09 Å². The van der Waals surface area contributed by atoms with Crippen molar-refractivity contribution in [2.45, 2.75) is 71.4 Å². The molecule has 0 aromatic rings. The molecule has 5 nitrogen and oxygen atoms in total. The minimum Gasteiger partial charge on any atom is -0.444 e. The molecule has 0 atom stereocenters. The minimum atomic E-state index is -0.390. The quantitative estimate of drug-likeness (QED) is 0.430. The molecule has 18 heavy (non-hydrogen) atoms. The van der Waals surface area contributed by atoms with Crippen LogP contribution in [0.15, 0.2) is 5.16 Å². The SMILES string of the molecule is C/C=N/O.CC(C)(C)OC(=O)NC1CCCCC1. The molecule has 1 rings (SSSR count). The number of oxime groups is 1. The van der Waals surface area contributed by atoms with Crippen LogP contribution in [-0.4, -0.2) is 29.2 Å². The van der Waals surface area contributed by atoms with Crippen molar-refractivity contribution in [1.29, 1.82) is 0 Å². The highest BCUT2D eigenvalue weighted by atomic mass is 16.6. The van der Waals surface area contributed by atoms with Crippen molar-refractivity contribution in [3.8, 4) is 0 Å². The van der Waals surface area contributed by atoms with Gasteiger partial charge in [-0.3, -0.25) is 0 Å². The fourth-order valence-electron chi connectivity index (χ4n) is 1.72. The summed E-state index contributed by atoms with van der Waals surface area (Å²) in [7, 11) is 0. The third-order valence-electron chi connectivity index (χ3n) is 2.44. The van der Waals surface area contributed by atoms with Gasteiger partial charge in [0.1, 0.15) is 5.60 Å². The lowest BCUT2D eigenvalue weighted by Crippen LogP contribution is -2.39. The van der Waals surface area contributed by atoms with E-state index < -0.39 is 5.60 Å². The zero-order valence-corrected chi connectivity index (χ0v) is 11.9. The molecule has 1 amide bonds. The Hall–Kier alpha value is -1.26. The van der Waals surface area contributed by atoms with Gasteiger partial charge < -0.3 is 15.3 Å². The van der Waals surface area contributed by atoms with Gasteiger partial charge in [0.15, 0.2) is 0 Å². The Morgan fingerprint density at radius 1 is 1.33 bits per heavy atom. The summed E-state index contributed by atoms with van der Waals surface area (Å²) in [5.41, 5.74) is -0.390. The molecule has 0 spiro atoms. The highest BCUT2D eigenvalue weighted by Gasteiger charge is 2.20. The first-order valence-corrected chi connectivity index (χ1v) is 6.50. The van der Waals surface area contributed by atoms with Crippen molar-refractivity contribution >= 4 is 12.3 Å². The Kier molecular flexibility index (Phi) is 8.16. The van der Waals surface area contributed by atoms with E-state index >= 15 is 0 Å². The normalized spacial score (nSPS) is 16.9. The fraction of sp³-hybridized carbons (Fsp3) is 0.846. The molecule has 0 unspecified atom stereocenters. The molecule has 106 valence electrons. The summed E-state index contributed by atoms with van der Waals surface area (Å²) in [6.45, 7) is 7.29. The van der Waals surface area contributed by atoms with Crippen molar-refractivity contribution in [2.75, 3.05) is 0 Å². The highest BCUT2D eigenvalue weighted by Crippen LogP contribution is 2.18. The van der Waals surface area contributed by atoms with Crippen LogP contribution in [0.3, 0.4) is 0 Å². The van der Waals surface area contributed by atoms with Crippen molar-refractivity contribution < 1.29 is 14.7 Å². The van der Waals surface area contributed by atoms with E-state index in [9.17, 15) is 4.79 Å². The third-order valence-corrected chi connectivity index (χ3v) is 2.44. The summed E-state index contributed by atoms with van der Waals surface area (Å²) < 4.78 is 5.19. The third kappa shape index (κ3) is 9.93. The molecule has 0 saturated heterocycles. The van der Waals surface area contributed by atoms with Crippen LogP contribution in [0.1, 0.15) is 59.8 Å². The van der Waals surface area contributed by atoms with E-state index in [1.54, 1.807) is 6.92 Å². The minimum absolute atomic E-state index is 0.274. The molecule has 0 aliphatic heterocycles. The van der Waals surface area contributed by atoms with Crippen LogP contribution in [0.5, 0.6) is 0 Å². The second kappa shape index (κ2) is 8.78. The second-order valence-corrected chi connectivity index (χ2v) is 5.35. The lowest BCUT2D eigenvalue weighted by atomic mass is 9.96. The maximum absolute atomic E-state index is 11.4. The van der Waals surface area contributed by atoms with Crippen LogP contribution in [0.25, 0.3) is 0 Å². The van der Waals surface area contributed by atoms with E-state index in [2.05, 4.69) is 10.5 Å². The molecular formula is C13H26N2O3. The van der Waals surface area contributed by atoms with Gasteiger partial charge in [-0.2, -0.15) is 0 Å². The molecular weight excluding hydrogens is 232 g/mol. The van der Waals surface area contributed by atoms with Crippen molar-refractivity contribution in [2.24, 2.45) is 5.16 Å². The van der Waals surface area contributed by atoms with Gasteiger partial charge in [-0.1, -0.05) is 19.3 Å². The number of ether oxygens (including phenoxy) is 1. The number of hydrogen-bond donors (Lipinski definition) is 2. The average Bonchev–Trinajstić information content (AvgIpc) is 2.28. The average molecular weight is 258 g/mol. The summed E-state index contributed by atoms with van der Waals surface area (Å²) in [6.07, 6.45) is 6.97. The van der Waals surface area contributed by atoms with Crippen LogP contribution in [0.4, 0.5) is 4.79 Å². The van der Waals surface area contributed by atoms with E-state index in [4.69, 9.17) is 9.94 Å². The van der Waals surface area contributed by atoms with E-state index in [0.29, 0.717) is 6.04 Å². The molecule has 1 saturated carbocycles. The molecule has 0 bridgehead atoms. The molecule has 0 aromatic heterocycles. The number of rotatable bonds is 1. The Bertz CT molecular complexity index is 249. The summed E-state index contributed by atoms with van der Waals surface area (Å²) in [5, 5.41) is 13.0. The van der Waals surface area contributed by atoms with E-state index in [-0.39, 0.29) is 6.09 Å². The van der Waals surface area contributed by atoms with Crippen molar-refractivity contribution in [3.63, 3.8) is 0 Å². The predicted molar refractivity (Wildman–Crippen MR) is 72.2 cm³/mol. The van der Waals surface area contributed by atoms with Crippen LogP contribution in [0.2, 0.25) is 0 Å². The molecule has 1 aliphatic rings. The van der Waals surface area contributed by atoms with Crippen LogP contribution >= 0.6 is 0 Å². The number of amides is 1. The van der Waals surface area contributed by atoms with Crippen LogP contribution < -0.4 is 5.32 Å². The monoisotopic (exact) mass is 258 g/mol. The number of alkyl carbamates (subject to hydrolysis) is 1. The Morgan fingerprint density at radius 3 is 2.22 bits per heavy atom. The summed E-state index contributed by atoms with van der Waals surface area (Å²) in [4.78, 5) is 11.4. The molecule has 5 heteroatoms. The van der Waals surface area contributed by atoms with E-state index in [1.165, 1.54) is 25.5 Å². The molecule has 1 fully saturated rings. The van der Waals surface area contributed by atoms with Gasteiger partial charge in [-0.05, 0) is 40.5 Å². The van der Waals surface area contributed by atoms with Gasteiger partial charge in [-0.25, -0.2) is 4.79 Å². The molecule has 0 heterocycles. The van der Waals surface area contributed by atoms with Crippen LogP contribution in [0, 0.1) is 0 Å². The molecule has 0 radical (unpaired) electrons. The number of hydrogen-bond acceptors (Lipinski definition) is 4. The smallest absolute Gasteiger partial charge is 0.407 e. The van der Waals surface area contributed by atoms with Crippen molar-refractivity contribution in [3.05, 3.63) is 0 Å². The summed E-state index contributed by atoms with van der Waals surface area (Å²) in [6, 6.07) is 0.332. The molecule has 1 aliphatic carbocycles. The number of carbonyl (C=O) groups is 1. The van der Waals surface area contributed by atoms with E-state index in [0.717, 1.165) is 12.8 Å². The second-order valence-electron chi connectivity index (χ2n) is 5.35. The number of nitrogens with zero attached hydrogens (tertiary/aromatic N) is 1. The highest BCUT2D eigenvalue weighted by molar-refractivity contribution is 5.68. The lowest BCUT2D eigenvalue weighted by molar-refractivity contribution is 0.0493. The first-order chi connectivity index (χ1) is 8.39. The van der Waals surface area contributed by atoms with E-state index in [1.807, 2.05) is 20.8 Å². The standard InChI is InChI=1S/C11H21NO2.C2H5NO/c1-11(2,3)14-10(13)12-9-7-5-4-6-8-9;1-2-3-4/h9H,4-8H2,1-3H3,(H,12,13);2,4H,1H3/b;3-2+. The summed E-state index contributed by atoms with van der Waals surface area (Å²) >= 11 is 0. The van der Waals surface area contributed by atoms with Gasteiger partial charge in [0.05, 0.1) is 0 Å². The Balaban J connectivity index is 0.000000631. The first-order valence-electron chi connectivity index (χ1n) is 6.50. The first kappa shape index (κ1) is 16.7. The molecule has 2 N–H and O–H groups in total. The van der Waals surface area contributed by atoms with Gasteiger partial charge in [0.2, 0.25) is 0 Å². The zero-order valence-electron chi connectivity index (χ0n) is 11.9. The summed E-state index contributed by atoms with van der Waals surface area (Å²) in [5.74, 6) is 0. The van der Waals surface area contributed by atoms with Crippen LogP contribution in [-0.2, 0) is 4.74 Å². The van der Waals surface area contributed by atoms with Gasteiger partial charge in [-0.15, -0.1) is 5.16 Å². The number of carbonyl (C=O) groups excluding carboxylic acids is 1. The van der Waals surface area contributed by atoms with Crippen molar-refractivity contribution in [1.82, 2.24) is 5.32 Å².